The maximum Gasteiger partial charge on any atom is 0.0434 e. The van der Waals surface area contributed by atoms with E-state index >= 15 is 0 Å². The summed E-state index contributed by atoms with van der Waals surface area (Å²) >= 11 is 1.95. The fourth-order valence-electron chi connectivity index (χ4n) is 1.68. The monoisotopic (exact) mass is 194 g/mol. The molecule has 2 rings (SSSR count). The Labute approximate surface area is 83.2 Å². The van der Waals surface area contributed by atoms with Gasteiger partial charge in [-0.25, -0.2) is 0 Å². The molecule has 1 aromatic carbocycles. The van der Waals surface area contributed by atoms with Gasteiger partial charge in [-0.1, -0.05) is 12.1 Å². The first-order valence-corrected chi connectivity index (χ1v) is 5.74. The zero-order valence-corrected chi connectivity index (χ0v) is 8.44. The van der Waals surface area contributed by atoms with Crippen LogP contribution in [0, 0.1) is 0 Å². The summed E-state index contributed by atoms with van der Waals surface area (Å²) < 4.78 is 0. The van der Waals surface area contributed by atoms with Gasteiger partial charge in [-0.3, -0.25) is 0 Å². The molecular weight excluding hydrogens is 180 g/mol. The highest BCUT2D eigenvalue weighted by Crippen LogP contribution is 2.31. The van der Waals surface area contributed by atoms with E-state index < -0.39 is 0 Å². The Morgan fingerprint density at radius 1 is 1.38 bits per heavy atom. The molecule has 1 heterocycles. The molecular formula is C11H14OS. The van der Waals surface area contributed by atoms with Crippen LogP contribution in [0.2, 0.25) is 0 Å². The van der Waals surface area contributed by atoms with Crippen LogP contribution in [-0.4, -0.2) is 17.5 Å². The second-order valence-corrected chi connectivity index (χ2v) is 4.50. The van der Waals surface area contributed by atoms with Crippen LogP contribution in [0.4, 0.5) is 0 Å². The minimum atomic E-state index is 0.297. The van der Waals surface area contributed by atoms with E-state index in [-0.39, 0.29) is 0 Å². The number of hydrogen-bond acceptors (Lipinski definition) is 2. The van der Waals surface area contributed by atoms with Gasteiger partial charge in [0.2, 0.25) is 0 Å². The van der Waals surface area contributed by atoms with Crippen LogP contribution in [-0.2, 0) is 12.8 Å². The van der Waals surface area contributed by atoms with Gasteiger partial charge in [-0.2, -0.15) is 0 Å². The van der Waals surface area contributed by atoms with Gasteiger partial charge in [0, 0.05) is 17.3 Å². The summed E-state index contributed by atoms with van der Waals surface area (Å²) in [6, 6.07) is 6.71. The summed E-state index contributed by atoms with van der Waals surface area (Å²) in [5, 5.41) is 8.72. The quantitative estimate of drug-likeness (QED) is 0.796. The number of thioether (sulfide) groups is 1. The second kappa shape index (κ2) is 4.16. The van der Waals surface area contributed by atoms with Crippen molar-refractivity contribution < 1.29 is 5.11 Å². The van der Waals surface area contributed by atoms with Gasteiger partial charge >= 0.3 is 0 Å². The maximum absolute atomic E-state index is 8.72. The van der Waals surface area contributed by atoms with Crippen molar-refractivity contribution in [1.29, 1.82) is 0 Å². The Morgan fingerprint density at radius 2 is 2.31 bits per heavy atom. The molecule has 0 saturated carbocycles. The predicted molar refractivity (Wildman–Crippen MR) is 56.3 cm³/mol. The number of benzene rings is 1. The van der Waals surface area contributed by atoms with E-state index in [4.69, 9.17) is 5.11 Å². The summed E-state index contributed by atoms with van der Waals surface area (Å²) in [6.07, 6.45) is 3.10. The Morgan fingerprint density at radius 3 is 3.15 bits per heavy atom. The zero-order valence-electron chi connectivity index (χ0n) is 7.62. The van der Waals surface area contributed by atoms with Gasteiger partial charge in [0.15, 0.2) is 0 Å². The molecule has 0 atom stereocenters. The number of aryl methyl sites for hydroxylation is 2. The van der Waals surface area contributed by atoms with Crippen molar-refractivity contribution in [3.8, 4) is 0 Å². The van der Waals surface area contributed by atoms with Gasteiger partial charge in [0.05, 0.1) is 0 Å². The van der Waals surface area contributed by atoms with Crippen molar-refractivity contribution in [3.63, 3.8) is 0 Å². The fraction of sp³-hybridized carbons (Fsp3) is 0.455. The molecule has 70 valence electrons. The molecule has 2 heteroatoms. The average molecular weight is 194 g/mol. The largest absolute Gasteiger partial charge is 0.396 e. The van der Waals surface area contributed by atoms with Crippen LogP contribution < -0.4 is 0 Å². The minimum absolute atomic E-state index is 0.297. The third-order valence-electron chi connectivity index (χ3n) is 2.38. The maximum atomic E-state index is 8.72. The lowest BCUT2D eigenvalue weighted by atomic mass is 10.1. The van der Waals surface area contributed by atoms with Crippen LogP contribution in [0.15, 0.2) is 23.1 Å². The van der Waals surface area contributed by atoms with E-state index in [2.05, 4.69) is 18.2 Å². The summed E-state index contributed by atoms with van der Waals surface area (Å²) in [4.78, 5) is 1.45. The molecule has 0 unspecified atom stereocenters. The van der Waals surface area contributed by atoms with Crippen molar-refractivity contribution >= 4 is 11.8 Å². The summed E-state index contributed by atoms with van der Waals surface area (Å²) in [5.41, 5.74) is 2.87. The van der Waals surface area contributed by atoms with Crippen molar-refractivity contribution in [2.75, 3.05) is 12.4 Å². The molecule has 1 aliphatic heterocycles. The molecule has 0 aliphatic carbocycles. The molecule has 0 bridgehead atoms. The molecule has 0 fully saturated rings. The third-order valence-corrected chi connectivity index (χ3v) is 3.49. The normalized spacial score (nSPS) is 14.5. The molecule has 1 nitrogen and oxygen atoms in total. The molecule has 0 spiro atoms. The van der Waals surface area contributed by atoms with E-state index in [0.29, 0.717) is 6.61 Å². The average Bonchev–Trinajstić information content (AvgIpc) is 2.61. The van der Waals surface area contributed by atoms with Gasteiger partial charge < -0.3 is 5.11 Å². The van der Waals surface area contributed by atoms with E-state index in [1.807, 2.05) is 11.8 Å². The molecule has 0 radical (unpaired) electrons. The second-order valence-electron chi connectivity index (χ2n) is 3.37. The first kappa shape index (κ1) is 9.10. The highest BCUT2D eigenvalue weighted by Gasteiger charge is 2.10. The lowest BCUT2D eigenvalue weighted by Gasteiger charge is -2.02. The highest BCUT2D eigenvalue weighted by molar-refractivity contribution is 7.99. The standard InChI is InChI=1S/C11H14OS/c12-6-1-2-9-3-4-11-10(8-9)5-7-13-11/h3-4,8,12H,1-2,5-7H2. The van der Waals surface area contributed by atoms with Crippen LogP contribution in [0.1, 0.15) is 17.5 Å². The topological polar surface area (TPSA) is 20.2 Å². The highest BCUT2D eigenvalue weighted by atomic mass is 32.2. The van der Waals surface area contributed by atoms with E-state index in [1.54, 1.807) is 0 Å². The van der Waals surface area contributed by atoms with Crippen molar-refractivity contribution in [1.82, 2.24) is 0 Å². The molecule has 1 N–H and O–H groups in total. The Bertz CT molecular complexity index is 296. The Balaban J connectivity index is 2.12. The third kappa shape index (κ3) is 2.06. The first-order valence-electron chi connectivity index (χ1n) is 4.75. The van der Waals surface area contributed by atoms with E-state index in [0.717, 1.165) is 12.8 Å². The molecule has 1 aliphatic rings. The number of fused-ring (bicyclic) bond motifs is 1. The Hall–Kier alpha value is -0.470. The van der Waals surface area contributed by atoms with Gasteiger partial charge in [-0.05, 0) is 36.5 Å². The van der Waals surface area contributed by atoms with Gasteiger partial charge in [-0.15, -0.1) is 11.8 Å². The van der Waals surface area contributed by atoms with Gasteiger partial charge in [0.1, 0.15) is 0 Å². The van der Waals surface area contributed by atoms with Crippen molar-refractivity contribution in [2.45, 2.75) is 24.2 Å². The number of hydrogen-bond donors (Lipinski definition) is 1. The van der Waals surface area contributed by atoms with Gasteiger partial charge in [0.25, 0.3) is 0 Å². The molecule has 13 heavy (non-hydrogen) atoms. The first-order chi connectivity index (χ1) is 6.40. The van der Waals surface area contributed by atoms with Crippen molar-refractivity contribution in [3.05, 3.63) is 29.3 Å². The van der Waals surface area contributed by atoms with Crippen LogP contribution in [0.5, 0.6) is 0 Å². The summed E-state index contributed by atoms with van der Waals surface area (Å²) in [6.45, 7) is 0.297. The van der Waals surface area contributed by atoms with Crippen LogP contribution >= 0.6 is 11.8 Å². The summed E-state index contributed by atoms with van der Waals surface area (Å²) in [7, 11) is 0. The molecule has 0 amide bonds. The van der Waals surface area contributed by atoms with Crippen LogP contribution in [0.25, 0.3) is 0 Å². The van der Waals surface area contributed by atoms with Crippen LogP contribution in [0.3, 0.4) is 0 Å². The number of aliphatic hydroxyl groups excluding tert-OH is 1. The zero-order chi connectivity index (χ0) is 9.10. The fourth-order valence-corrected chi connectivity index (χ4v) is 2.73. The molecule has 0 saturated heterocycles. The van der Waals surface area contributed by atoms with E-state index in [9.17, 15) is 0 Å². The minimum Gasteiger partial charge on any atom is -0.396 e. The smallest absolute Gasteiger partial charge is 0.0434 e. The Kier molecular flexibility index (Phi) is 2.91. The number of aliphatic hydroxyl groups is 1. The summed E-state index contributed by atoms with van der Waals surface area (Å²) in [5.74, 6) is 1.23. The number of rotatable bonds is 3. The predicted octanol–water partition coefficient (Wildman–Crippen LogP) is 2.26. The molecule has 1 aromatic rings. The molecule has 0 aromatic heterocycles. The SMILES string of the molecule is OCCCc1ccc2c(c1)CCS2. The van der Waals surface area contributed by atoms with Crippen molar-refractivity contribution in [2.24, 2.45) is 0 Å². The lowest BCUT2D eigenvalue weighted by Crippen LogP contribution is -1.91. The lowest BCUT2D eigenvalue weighted by molar-refractivity contribution is 0.288. The van der Waals surface area contributed by atoms with E-state index in [1.165, 1.54) is 28.2 Å².